The van der Waals surface area contributed by atoms with Crippen LogP contribution in [0.15, 0.2) is 23.1 Å². The van der Waals surface area contributed by atoms with Gasteiger partial charge in [0.15, 0.2) is 0 Å². The van der Waals surface area contributed by atoms with E-state index in [9.17, 15) is 12.8 Å². The summed E-state index contributed by atoms with van der Waals surface area (Å²) in [5.74, 6) is -0.495. The maximum atomic E-state index is 13.4. The van der Waals surface area contributed by atoms with Gasteiger partial charge in [0, 0.05) is 18.5 Å². The van der Waals surface area contributed by atoms with E-state index in [0.717, 1.165) is 31.7 Å². The number of hydrogen-bond acceptors (Lipinski definition) is 2. The molecule has 0 spiro atoms. The van der Waals surface area contributed by atoms with Crippen molar-refractivity contribution in [3.63, 3.8) is 0 Å². The Hall–Kier alpha value is -0.650. The first kappa shape index (κ1) is 15.7. The molecule has 1 aliphatic rings. The van der Waals surface area contributed by atoms with E-state index in [4.69, 9.17) is 11.6 Å². The highest BCUT2D eigenvalue weighted by atomic mass is 35.5. The van der Waals surface area contributed by atoms with Gasteiger partial charge in [-0.3, -0.25) is 0 Å². The van der Waals surface area contributed by atoms with Crippen molar-refractivity contribution in [2.24, 2.45) is 0 Å². The number of rotatable bonds is 7. The minimum Gasteiger partial charge on any atom is -0.207 e. The third-order valence-electron chi connectivity index (χ3n) is 3.45. The fraction of sp³-hybridized carbons (Fsp3) is 0.571. The lowest BCUT2D eigenvalue weighted by Gasteiger charge is -2.23. The van der Waals surface area contributed by atoms with Crippen molar-refractivity contribution >= 4 is 21.6 Å². The first-order chi connectivity index (χ1) is 9.50. The van der Waals surface area contributed by atoms with Gasteiger partial charge in [0.05, 0.1) is 4.90 Å². The normalized spacial score (nSPS) is 15.8. The molecule has 0 aliphatic heterocycles. The second kappa shape index (κ2) is 6.41. The number of unbranched alkanes of at least 4 members (excludes halogenated alkanes) is 1. The molecule has 0 amide bonds. The number of benzene rings is 1. The summed E-state index contributed by atoms with van der Waals surface area (Å²) in [5.41, 5.74) is 0.454. The van der Waals surface area contributed by atoms with E-state index in [1.807, 2.05) is 6.92 Å². The molecule has 1 fully saturated rings. The van der Waals surface area contributed by atoms with Crippen molar-refractivity contribution in [1.82, 2.24) is 4.31 Å². The van der Waals surface area contributed by atoms with E-state index in [2.05, 4.69) is 0 Å². The van der Waals surface area contributed by atoms with Crippen molar-refractivity contribution in [3.05, 3.63) is 29.6 Å². The van der Waals surface area contributed by atoms with E-state index in [0.29, 0.717) is 12.1 Å². The number of sulfonamides is 1. The summed E-state index contributed by atoms with van der Waals surface area (Å²) in [7, 11) is -3.67. The predicted molar refractivity (Wildman–Crippen MR) is 77.8 cm³/mol. The molecule has 0 bridgehead atoms. The summed E-state index contributed by atoms with van der Waals surface area (Å²) >= 11 is 5.79. The number of nitrogens with zero attached hydrogens (tertiary/aromatic N) is 1. The molecule has 112 valence electrons. The minimum absolute atomic E-state index is 0.00973. The van der Waals surface area contributed by atoms with Crippen molar-refractivity contribution in [1.29, 1.82) is 0 Å². The second-order valence-electron chi connectivity index (χ2n) is 5.09. The maximum Gasteiger partial charge on any atom is 0.243 e. The Balaban J connectivity index is 2.39. The standard InChI is InChI=1S/C14H19ClFNO2S/c1-2-3-8-17(13-6-7-13)20(18,19)14-9-12(16)5-4-11(14)10-15/h4-5,9,13H,2-3,6-8,10H2,1H3. The average molecular weight is 320 g/mol. The molecule has 1 aromatic carbocycles. The molecule has 1 aliphatic carbocycles. The van der Waals surface area contributed by atoms with Gasteiger partial charge in [-0.2, -0.15) is 4.31 Å². The van der Waals surface area contributed by atoms with Crippen LogP contribution in [0.2, 0.25) is 0 Å². The topological polar surface area (TPSA) is 37.4 Å². The monoisotopic (exact) mass is 319 g/mol. The molecule has 1 aromatic rings. The quantitative estimate of drug-likeness (QED) is 0.721. The smallest absolute Gasteiger partial charge is 0.207 e. The Morgan fingerprint density at radius 3 is 2.65 bits per heavy atom. The molecule has 0 atom stereocenters. The highest BCUT2D eigenvalue weighted by Gasteiger charge is 2.38. The zero-order chi connectivity index (χ0) is 14.8. The van der Waals surface area contributed by atoms with E-state index in [1.54, 1.807) is 0 Å². The lowest BCUT2D eigenvalue weighted by Crippen LogP contribution is -2.34. The first-order valence-electron chi connectivity index (χ1n) is 6.87. The van der Waals surface area contributed by atoms with Gasteiger partial charge in [0.25, 0.3) is 0 Å². The van der Waals surface area contributed by atoms with Crippen LogP contribution in [0.25, 0.3) is 0 Å². The van der Waals surface area contributed by atoms with Gasteiger partial charge in [-0.1, -0.05) is 19.4 Å². The Morgan fingerprint density at radius 2 is 2.10 bits per heavy atom. The van der Waals surface area contributed by atoms with Crippen molar-refractivity contribution in [2.75, 3.05) is 6.54 Å². The van der Waals surface area contributed by atoms with Crippen LogP contribution in [0.4, 0.5) is 4.39 Å². The maximum absolute atomic E-state index is 13.4. The van der Waals surface area contributed by atoms with Gasteiger partial charge in [0.1, 0.15) is 5.82 Å². The van der Waals surface area contributed by atoms with Crippen LogP contribution < -0.4 is 0 Å². The Bertz CT molecular complexity index is 573. The summed E-state index contributed by atoms with van der Waals surface area (Å²) in [6, 6.07) is 3.83. The summed E-state index contributed by atoms with van der Waals surface area (Å²) in [6.45, 7) is 2.51. The molecule has 0 radical (unpaired) electrons. The fourth-order valence-electron chi connectivity index (χ4n) is 2.18. The van der Waals surface area contributed by atoms with Crippen molar-refractivity contribution in [2.45, 2.75) is 49.4 Å². The third kappa shape index (κ3) is 3.32. The van der Waals surface area contributed by atoms with Gasteiger partial charge in [-0.15, -0.1) is 11.6 Å². The Labute approximate surface area is 124 Å². The molecule has 0 aromatic heterocycles. The van der Waals surface area contributed by atoms with Crippen LogP contribution in [-0.4, -0.2) is 25.3 Å². The molecular weight excluding hydrogens is 301 g/mol. The van der Waals surface area contributed by atoms with E-state index in [1.165, 1.54) is 16.4 Å². The zero-order valence-corrected chi connectivity index (χ0v) is 13.1. The molecule has 3 nitrogen and oxygen atoms in total. The zero-order valence-electron chi connectivity index (χ0n) is 11.5. The van der Waals surface area contributed by atoms with Crippen LogP contribution in [0.5, 0.6) is 0 Å². The number of halogens is 2. The summed E-state index contributed by atoms with van der Waals surface area (Å²) in [4.78, 5) is 0.00973. The Morgan fingerprint density at radius 1 is 1.40 bits per heavy atom. The summed E-state index contributed by atoms with van der Waals surface area (Å²) in [5, 5.41) is 0. The number of hydrogen-bond donors (Lipinski definition) is 0. The van der Waals surface area contributed by atoms with Crippen LogP contribution in [0.1, 0.15) is 38.2 Å². The first-order valence-corrected chi connectivity index (χ1v) is 8.84. The predicted octanol–water partition coefficient (Wildman–Crippen LogP) is 3.52. The highest BCUT2D eigenvalue weighted by Crippen LogP contribution is 2.33. The second-order valence-corrected chi connectivity index (χ2v) is 7.21. The van der Waals surface area contributed by atoms with Crippen LogP contribution in [0.3, 0.4) is 0 Å². The lowest BCUT2D eigenvalue weighted by molar-refractivity contribution is 0.395. The third-order valence-corrected chi connectivity index (χ3v) is 5.77. The van der Waals surface area contributed by atoms with Gasteiger partial charge < -0.3 is 0 Å². The average Bonchev–Trinajstić information content (AvgIpc) is 3.23. The van der Waals surface area contributed by atoms with Crippen molar-refractivity contribution in [3.8, 4) is 0 Å². The summed E-state index contributed by atoms with van der Waals surface area (Å²) < 4.78 is 40.4. The minimum atomic E-state index is -3.67. The number of alkyl halides is 1. The van der Waals surface area contributed by atoms with Gasteiger partial charge >= 0.3 is 0 Å². The van der Waals surface area contributed by atoms with Gasteiger partial charge in [-0.05, 0) is 37.0 Å². The van der Waals surface area contributed by atoms with Gasteiger partial charge in [0.2, 0.25) is 10.0 Å². The van der Waals surface area contributed by atoms with E-state index < -0.39 is 15.8 Å². The fourth-order valence-corrected chi connectivity index (χ4v) is 4.45. The molecule has 0 unspecified atom stereocenters. The molecular formula is C14H19ClFNO2S. The molecule has 0 heterocycles. The summed E-state index contributed by atoms with van der Waals surface area (Å²) in [6.07, 6.45) is 3.49. The molecule has 2 rings (SSSR count). The largest absolute Gasteiger partial charge is 0.243 e. The highest BCUT2D eigenvalue weighted by molar-refractivity contribution is 7.89. The molecule has 6 heteroatoms. The SMILES string of the molecule is CCCCN(C1CC1)S(=O)(=O)c1cc(F)ccc1CCl. The van der Waals surface area contributed by atoms with Crippen molar-refractivity contribution < 1.29 is 12.8 Å². The van der Waals surface area contributed by atoms with Crippen LogP contribution in [0, 0.1) is 5.82 Å². The molecule has 1 saturated carbocycles. The van der Waals surface area contributed by atoms with Crippen LogP contribution >= 0.6 is 11.6 Å². The van der Waals surface area contributed by atoms with E-state index in [-0.39, 0.29) is 16.8 Å². The van der Waals surface area contributed by atoms with Gasteiger partial charge in [-0.25, -0.2) is 12.8 Å². The lowest BCUT2D eigenvalue weighted by atomic mass is 10.2. The molecule has 20 heavy (non-hydrogen) atoms. The van der Waals surface area contributed by atoms with Crippen LogP contribution in [-0.2, 0) is 15.9 Å². The van der Waals surface area contributed by atoms with E-state index >= 15 is 0 Å². The Kier molecular flexibility index (Phi) is 5.04. The molecule has 0 N–H and O–H groups in total. The molecule has 0 saturated heterocycles.